The molecule has 0 unspecified atom stereocenters. The third-order valence-electron chi connectivity index (χ3n) is 4.48. The lowest BCUT2D eigenvalue weighted by Crippen LogP contribution is -2.33. The van der Waals surface area contributed by atoms with Gasteiger partial charge in [0.05, 0.1) is 11.7 Å². The van der Waals surface area contributed by atoms with Crippen molar-refractivity contribution in [1.29, 1.82) is 0 Å². The van der Waals surface area contributed by atoms with Gasteiger partial charge >= 0.3 is 0 Å². The van der Waals surface area contributed by atoms with E-state index in [0.29, 0.717) is 33.9 Å². The van der Waals surface area contributed by atoms with Crippen molar-refractivity contribution in [3.05, 3.63) is 56.4 Å². The lowest BCUT2D eigenvalue weighted by molar-refractivity contribution is -0.122. The van der Waals surface area contributed by atoms with Gasteiger partial charge in [-0.2, -0.15) is 0 Å². The fourth-order valence-electron chi connectivity index (χ4n) is 2.86. The predicted octanol–water partition coefficient (Wildman–Crippen LogP) is 3.26. The van der Waals surface area contributed by atoms with Crippen LogP contribution in [0, 0.1) is 13.8 Å². The van der Waals surface area contributed by atoms with Gasteiger partial charge in [-0.15, -0.1) is 11.3 Å². The molecule has 7 nitrogen and oxygen atoms in total. The lowest BCUT2D eigenvalue weighted by Gasteiger charge is -2.08. The summed E-state index contributed by atoms with van der Waals surface area (Å²) < 4.78 is 1.31. The normalized spacial score (nSPS) is 10.9. The number of thiophene rings is 1. The molecule has 0 aliphatic rings. The fourth-order valence-corrected chi connectivity index (χ4v) is 4.04. The van der Waals surface area contributed by atoms with Crippen LogP contribution in [0.25, 0.3) is 10.2 Å². The number of aryl methyl sites for hydroxylation is 2. The van der Waals surface area contributed by atoms with Crippen LogP contribution in [0.4, 0.5) is 5.69 Å². The molecule has 2 amide bonds. The first-order valence-corrected chi connectivity index (χ1v) is 10.3. The molecular formula is C20H21ClN4O3S. The Labute approximate surface area is 176 Å². The molecule has 2 aromatic heterocycles. The maximum absolute atomic E-state index is 12.6. The SMILES string of the molecule is Cc1sc2ncn(CC(=O)NCCCC(=O)Nc3cccc(Cl)c3)c(=O)c2c1C. The molecule has 0 radical (unpaired) electrons. The van der Waals surface area contributed by atoms with Gasteiger partial charge in [-0.1, -0.05) is 17.7 Å². The van der Waals surface area contributed by atoms with E-state index >= 15 is 0 Å². The Hall–Kier alpha value is -2.71. The number of carbonyl (C=O) groups is 2. The number of fused-ring (bicyclic) bond motifs is 1. The molecule has 0 saturated carbocycles. The van der Waals surface area contributed by atoms with Crippen LogP contribution in [0.5, 0.6) is 0 Å². The van der Waals surface area contributed by atoms with E-state index < -0.39 is 0 Å². The summed E-state index contributed by atoms with van der Waals surface area (Å²) in [6, 6.07) is 6.91. The predicted molar refractivity (Wildman–Crippen MR) is 116 cm³/mol. The van der Waals surface area contributed by atoms with E-state index in [1.54, 1.807) is 24.3 Å². The maximum atomic E-state index is 12.6. The van der Waals surface area contributed by atoms with Gasteiger partial charge in [-0.05, 0) is 44.0 Å². The average Bonchev–Trinajstić information content (AvgIpc) is 2.96. The smallest absolute Gasteiger partial charge is 0.262 e. The summed E-state index contributed by atoms with van der Waals surface area (Å²) >= 11 is 7.35. The van der Waals surface area contributed by atoms with Crippen LogP contribution < -0.4 is 16.2 Å². The largest absolute Gasteiger partial charge is 0.355 e. The van der Waals surface area contributed by atoms with Crippen molar-refractivity contribution in [3.63, 3.8) is 0 Å². The van der Waals surface area contributed by atoms with Crippen molar-refractivity contribution >= 4 is 50.7 Å². The summed E-state index contributed by atoms with van der Waals surface area (Å²) in [6.45, 7) is 4.06. The van der Waals surface area contributed by atoms with Crippen molar-refractivity contribution < 1.29 is 9.59 Å². The zero-order valence-corrected chi connectivity index (χ0v) is 17.7. The van der Waals surface area contributed by atoms with E-state index in [0.717, 1.165) is 10.4 Å². The highest BCUT2D eigenvalue weighted by molar-refractivity contribution is 7.18. The second-order valence-electron chi connectivity index (χ2n) is 6.65. The van der Waals surface area contributed by atoms with E-state index in [1.165, 1.54) is 22.2 Å². The van der Waals surface area contributed by atoms with Gasteiger partial charge in [0.2, 0.25) is 11.8 Å². The Morgan fingerprint density at radius 2 is 2.03 bits per heavy atom. The molecular weight excluding hydrogens is 412 g/mol. The first kappa shape index (κ1) is 21.0. The first-order valence-electron chi connectivity index (χ1n) is 9.12. The van der Waals surface area contributed by atoms with Gasteiger partial charge in [0.1, 0.15) is 11.4 Å². The fraction of sp³-hybridized carbons (Fsp3) is 0.300. The van der Waals surface area contributed by atoms with Gasteiger partial charge in [0, 0.05) is 28.6 Å². The monoisotopic (exact) mass is 432 g/mol. The summed E-state index contributed by atoms with van der Waals surface area (Å²) in [5, 5.41) is 6.60. The highest BCUT2D eigenvalue weighted by Gasteiger charge is 2.13. The molecule has 2 N–H and O–H groups in total. The molecule has 0 aliphatic heterocycles. The van der Waals surface area contributed by atoms with Crippen LogP contribution in [0.15, 0.2) is 35.4 Å². The lowest BCUT2D eigenvalue weighted by atomic mass is 10.2. The maximum Gasteiger partial charge on any atom is 0.262 e. The van der Waals surface area contributed by atoms with E-state index in [9.17, 15) is 14.4 Å². The molecule has 3 rings (SSSR count). The summed E-state index contributed by atoms with van der Waals surface area (Å²) in [4.78, 5) is 42.7. The minimum Gasteiger partial charge on any atom is -0.355 e. The minimum absolute atomic E-state index is 0.106. The first-order chi connectivity index (χ1) is 13.8. The number of hydrogen-bond acceptors (Lipinski definition) is 5. The molecule has 152 valence electrons. The number of anilines is 1. The molecule has 0 atom stereocenters. The number of nitrogens with one attached hydrogen (secondary N) is 2. The number of carbonyl (C=O) groups excluding carboxylic acids is 2. The molecule has 29 heavy (non-hydrogen) atoms. The highest BCUT2D eigenvalue weighted by atomic mass is 35.5. The standard InChI is InChI=1S/C20H21ClN4O3S/c1-12-13(2)29-19-18(12)20(28)25(11-23-19)10-17(27)22-8-4-7-16(26)24-15-6-3-5-14(21)9-15/h3,5-6,9,11H,4,7-8,10H2,1-2H3,(H,22,27)(H,24,26). The molecule has 1 aromatic carbocycles. The average molecular weight is 433 g/mol. The van der Waals surface area contributed by atoms with Gasteiger partial charge < -0.3 is 10.6 Å². The second-order valence-corrected chi connectivity index (χ2v) is 8.29. The quantitative estimate of drug-likeness (QED) is 0.560. The molecule has 2 heterocycles. The van der Waals surface area contributed by atoms with Crippen molar-refractivity contribution in [1.82, 2.24) is 14.9 Å². The molecule has 0 bridgehead atoms. The third-order valence-corrected chi connectivity index (χ3v) is 5.83. The molecule has 9 heteroatoms. The van der Waals surface area contributed by atoms with Gasteiger partial charge in [-0.3, -0.25) is 19.0 Å². The number of aromatic nitrogens is 2. The molecule has 0 saturated heterocycles. The number of rotatable bonds is 7. The van der Waals surface area contributed by atoms with Crippen LogP contribution in [-0.4, -0.2) is 27.9 Å². The Balaban J connectivity index is 1.47. The van der Waals surface area contributed by atoms with Crippen molar-refractivity contribution in [2.24, 2.45) is 0 Å². The Bertz CT molecular complexity index is 1120. The Morgan fingerprint density at radius 1 is 1.24 bits per heavy atom. The van der Waals surface area contributed by atoms with Gasteiger partial charge in [-0.25, -0.2) is 4.98 Å². The molecule has 0 aliphatic carbocycles. The van der Waals surface area contributed by atoms with E-state index in [1.807, 2.05) is 13.8 Å². The summed E-state index contributed by atoms with van der Waals surface area (Å²) in [5.74, 6) is -0.455. The number of nitrogens with zero attached hydrogens (tertiary/aromatic N) is 2. The van der Waals surface area contributed by atoms with Crippen molar-refractivity contribution in [2.75, 3.05) is 11.9 Å². The molecule has 3 aromatic rings. The summed E-state index contributed by atoms with van der Waals surface area (Å²) in [6.07, 6.45) is 2.14. The van der Waals surface area contributed by atoms with E-state index in [4.69, 9.17) is 11.6 Å². The third kappa shape index (κ3) is 5.21. The number of hydrogen-bond donors (Lipinski definition) is 2. The van der Waals surface area contributed by atoms with Crippen molar-refractivity contribution in [2.45, 2.75) is 33.2 Å². The highest BCUT2D eigenvalue weighted by Crippen LogP contribution is 2.25. The number of benzene rings is 1. The summed E-state index contributed by atoms with van der Waals surface area (Å²) in [7, 11) is 0. The Morgan fingerprint density at radius 3 is 2.79 bits per heavy atom. The van der Waals surface area contributed by atoms with Crippen LogP contribution in [0.1, 0.15) is 23.3 Å². The van der Waals surface area contributed by atoms with E-state index in [2.05, 4.69) is 15.6 Å². The van der Waals surface area contributed by atoms with Crippen LogP contribution in [0.3, 0.4) is 0 Å². The van der Waals surface area contributed by atoms with Crippen LogP contribution in [-0.2, 0) is 16.1 Å². The summed E-state index contributed by atoms with van der Waals surface area (Å²) in [5.41, 5.74) is 1.32. The molecule has 0 spiro atoms. The Kier molecular flexibility index (Phi) is 6.66. The van der Waals surface area contributed by atoms with Crippen molar-refractivity contribution in [3.8, 4) is 0 Å². The zero-order valence-electron chi connectivity index (χ0n) is 16.1. The van der Waals surface area contributed by atoms with Gasteiger partial charge in [0.15, 0.2) is 0 Å². The zero-order chi connectivity index (χ0) is 21.0. The van der Waals surface area contributed by atoms with E-state index in [-0.39, 0.29) is 30.3 Å². The topological polar surface area (TPSA) is 93.1 Å². The second kappa shape index (κ2) is 9.19. The van der Waals surface area contributed by atoms with Gasteiger partial charge in [0.25, 0.3) is 5.56 Å². The number of halogens is 1. The van der Waals surface area contributed by atoms with Crippen LogP contribution in [0.2, 0.25) is 5.02 Å². The molecule has 0 fully saturated rings. The van der Waals surface area contributed by atoms with Crippen LogP contribution >= 0.6 is 22.9 Å². The number of amides is 2. The minimum atomic E-state index is -0.298.